The van der Waals surface area contributed by atoms with Crippen molar-refractivity contribution in [1.82, 2.24) is 15.0 Å². The first-order chi connectivity index (χ1) is 14.2. The first-order valence-corrected chi connectivity index (χ1v) is 9.60. The van der Waals surface area contributed by atoms with Crippen LogP contribution >= 0.6 is 12.4 Å². The number of aromatic nitrogens is 3. The molecule has 0 radical (unpaired) electrons. The average Bonchev–Trinajstić information content (AvgIpc) is 2.80. The van der Waals surface area contributed by atoms with E-state index >= 15 is 0 Å². The van der Waals surface area contributed by atoms with Crippen molar-refractivity contribution in [2.75, 3.05) is 74.8 Å². The minimum absolute atomic E-state index is 0. The number of ether oxygens (including phenoxy) is 3. The molecule has 4 rings (SSSR count). The molecule has 11 heteroatoms. The van der Waals surface area contributed by atoms with Crippen molar-refractivity contribution in [1.29, 1.82) is 0 Å². The van der Waals surface area contributed by atoms with Gasteiger partial charge < -0.3 is 29.3 Å². The molecule has 1 aromatic carbocycles. The van der Waals surface area contributed by atoms with Gasteiger partial charge in [0.2, 0.25) is 17.8 Å². The summed E-state index contributed by atoms with van der Waals surface area (Å²) >= 11 is 0. The normalized spacial score (nSPS) is 16.6. The van der Waals surface area contributed by atoms with Crippen LogP contribution < -0.4 is 15.1 Å². The van der Waals surface area contributed by atoms with Gasteiger partial charge in [-0.1, -0.05) is 0 Å². The van der Waals surface area contributed by atoms with Crippen LogP contribution in [0.5, 0.6) is 0 Å². The molecule has 162 valence electrons. The number of nitrogens with zero attached hydrogens (tertiary/aromatic N) is 5. The lowest BCUT2D eigenvalue weighted by Crippen LogP contribution is -2.40. The summed E-state index contributed by atoms with van der Waals surface area (Å²) in [4.78, 5) is 29.7. The lowest BCUT2D eigenvalue weighted by atomic mass is 10.2. The van der Waals surface area contributed by atoms with Crippen LogP contribution in [0.15, 0.2) is 24.3 Å². The van der Waals surface area contributed by atoms with Gasteiger partial charge in [0.15, 0.2) is 0 Å². The molecule has 0 spiro atoms. The molecular formula is C19H25ClN6O4. The van der Waals surface area contributed by atoms with E-state index in [9.17, 15) is 4.79 Å². The fourth-order valence-electron chi connectivity index (χ4n) is 3.16. The molecule has 0 amide bonds. The van der Waals surface area contributed by atoms with Gasteiger partial charge in [0.1, 0.15) is 0 Å². The maximum atomic E-state index is 11.6. The molecule has 2 fully saturated rings. The van der Waals surface area contributed by atoms with Gasteiger partial charge in [0.05, 0.1) is 39.1 Å². The minimum Gasteiger partial charge on any atom is -0.465 e. The number of nitrogens with one attached hydrogen (secondary N) is 1. The highest BCUT2D eigenvalue weighted by Crippen LogP contribution is 2.21. The van der Waals surface area contributed by atoms with Crippen molar-refractivity contribution < 1.29 is 19.0 Å². The molecule has 2 saturated heterocycles. The van der Waals surface area contributed by atoms with Gasteiger partial charge in [-0.25, -0.2) is 4.79 Å². The van der Waals surface area contributed by atoms with Gasteiger partial charge in [-0.2, -0.15) is 15.0 Å². The zero-order valence-corrected chi connectivity index (χ0v) is 17.6. The molecule has 0 atom stereocenters. The van der Waals surface area contributed by atoms with Gasteiger partial charge in [-0.15, -0.1) is 12.4 Å². The summed E-state index contributed by atoms with van der Waals surface area (Å²) in [5.74, 6) is 1.33. The zero-order chi connectivity index (χ0) is 20.1. The second kappa shape index (κ2) is 10.4. The number of carbonyl (C=O) groups is 1. The van der Waals surface area contributed by atoms with E-state index in [2.05, 4.69) is 30.1 Å². The van der Waals surface area contributed by atoms with Crippen LogP contribution in [0.1, 0.15) is 10.4 Å². The van der Waals surface area contributed by atoms with Crippen LogP contribution in [-0.2, 0) is 14.2 Å². The maximum absolute atomic E-state index is 11.6. The highest BCUT2D eigenvalue weighted by molar-refractivity contribution is 5.89. The number of anilines is 4. The van der Waals surface area contributed by atoms with Crippen LogP contribution in [0.4, 0.5) is 23.5 Å². The average molecular weight is 437 g/mol. The first-order valence-electron chi connectivity index (χ1n) is 9.60. The van der Waals surface area contributed by atoms with E-state index in [4.69, 9.17) is 14.2 Å². The number of hydrogen-bond donors (Lipinski definition) is 1. The second-order valence-electron chi connectivity index (χ2n) is 6.65. The number of halogens is 1. The molecule has 2 aromatic rings. The van der Waals surface area contributed by atoms with Crippen molar-refractivity contribution in [2.45, 2.75) is 0 Å². The van der Waals surface area contributed by atoms with Gasteiger partial charge in [0.25, 0.3) is 0 Å². The van der Waals surface area contributed by atoms with Gasteiger partial charge in [-0.05, 0) is 24.3 Å². The molecule has 0 aliphatic carbocycles. The summed E-state index contributed by atoms with van der Waals surface area (Å²) in [5, 5.41) is 3.22. The van der Waals surface area contributed by atoms with Crippen LogP contribution in [0, 0.1) is 0 Å². The largest absolute Gasteiger partial charge is 0.465 e. The van der Waals surface area contributed by atoms with Crippen molar-refractivity contribution in [3.8, 4) is 0 Å². The summed E-state index contributed by atoms with van der Waals surface area (Å²) in [5.41, 5.74) is 1.25. The van der Waals surface area contributed by atoms with Crippen molar-refractivity contribution in [3.05, 3.63) is 29.8 Å². The lowest BCUT2D eigenvalue weighted by molar-refractivity contribution is 0.0600. The molecule has 0 unspecified atom stereocenters. The van der Waals surface area contributed by atoms with E-state index < -0.39 is 0 Å². The van der Waals surface area contributed by atoms with E-state index in [-0.39, 0.29) is 18.4 Å². The number of carbonyl (C=O) groups excluding carboxylic acids is 1. The Balaban J connectivity index is 0.00000256. The van der Waals surface area contributed by atoms with Crippen LogP contribution in [-0.4, -0.2) is 80.6 Å². The number of esters is 1. The molecule has 10 nitrogen and oxygen atoms in total. The van der Waals surface area contributed by atoms with Crippen LogP contribution in [0.3, 0.4) is 0 Å². The summed E-state index contributed by atoms with van der Waals surface area (Å²) < 4.78 is 15.6. The number of benzene rings is 1. The van der Waals surface area contributed by atoms with Crippen molar-refractivity contribution in [2.24, 2.45) is 0 Å². The smallest absolute Gasteiger partial charge is 0.337 e. The number of morpholine rings is 2. The summed E-state index contributed by atoms with van der Waals surface area (Å²) in [7, 11) is 1.36. The topological polar surface area (TPSA) is 102 Å². The highest BCUT2D eigenvalue weighted by atomic mass is 35.5. The Kier molecular flexibility index (Phi) is 7.61. The Morgan fingerprint density at radius 1 is 0.900 bits per heavy atom. The van der Waals surface area contributed by atoms with Crippen molar-refractivity contribution >= 4 is 41.9 Å². The Labute approximate surface area is 181 Å². The van der Waals surface area contributed by atoms with E-state index in [0.29, 0.717) is 49.8 Å². The Hall–Kier alpha value is -2.69. The van der Waals surface area contributed by atoms with E-state index in [1.54, 1.807) is 24.3 Å². The van der Waals surface area contributed by atoms with Crippen LogP contribution in [0.25, 0.3) is 0 Å². The Bertz CT molecular complexity index is 805. The molecular weight excluding hydrogens is 412 g/mol. The summed E-state index contributed by atoms with van der Waals surface area (Å²) in [6.45, 7) is 5.54. The Morgan fingerprint density at radius 2 is 1.40 bits per heavy atom. The predicted molar refractivity (Wildman–Crippen MR) is 114 cm³/mol. The lowest BCUT2D eigenvalue weighted by Gasteiger charge is -2.30. The van der Waals surface area contributed by atoms with Gasteiger partial charge in [-0.3, -0.25) is 0 Å². The summed E-state index contributed by atoms with van der Waals surface area (Å²) in [6.07, 6.45) is 0. The fourth-order valence-corrected chi connectivity index (χ4v) is 3.16. The van der Waals surface area contributed by atoms with E-state index in [1.165, 1.54) is 7.11 Å². The highest BCUT2D eigenvalue weighted by Gasteiger charge is 2.20. The quantitative estimate of drug-likeness (QED) is 0.693. The monoisotopic (exact) mass is 436 g/mol. The Morgan fingerprint density at radius 3 is 1.87 bits per heavy atom. The third kappa shape index (κ3) is 5.26. The number of rotatable bonds is 5. The first kappa shape index (κ1) is 22.0. The third-order valence-electron chi connectivity index (χ3n) is 4.76. The van der Waals surface area contributed by atoms with Gasteiger partial charge in [0, 0.05) is 31.9 Å². The van der Waals surface area contributed by atoms with Crippen LogP contribution in [0.2, 0.25) is 0 Å². The number of methoxy groups -OCH3 is 1. The molecule has 2 aliphatic heterocycles. The maximum Gasteiger partial charge on any atom is 0.337 e. The standard InChI is InChI=1S/C19H24N6O4.ClH/c1-27-16(26)14-2-4-15(5-3-14)20-17-21-18(24-6-10-28-11-7-24)23-19(22-17)25-8-12-29-13-9-25;/h2-5H,6-13H2,1H3,(H,20,21,22,23);1H. The molecule has 0 bridgehead atoms. The molecule has 30 heavy (non-hydrogen) atoms. The van der Waals surface area contributed by atoms with E-state index in [1.807, 2.05) is 0 Å². The molecule has 1 N–H and O–H groups in total. The summed E-state index contributed by atoms with van der Waals surface area (Å²) in [6, 6.07) is 6.97. The zero-order valence-electron chi connectivity index (χ0n) is 16.7. The third-order valence-corrected chi connectivity index (χ3v) is 4.76. The molecule has 0 saturated carbocycles. The predicted octanol–water partition coefficient (Wildman–Crippen LogP) is 1.50. The SMILES string of the molecule is COC(=O)c1ccc(Nc2nc(N3CCOCC3)nc(N3CCOCC3)n2)cc1.Cl. The molecule has 2 aliphatic rings. The molecule has 3 heterocycles. The van der Waals surface area contributed by atoms with Gasteiger partial charge >= 0.3 is 5.97 Å². The minimum atomic E-state index is -0.374. The van der Waals surface area contributed by atoms with E-state index in [0.717, 1.165) is 31.9 Å². The second-order valence-corrected chi connectivity index (χ2v) is 6.65. The fraction of sp³-hybridized carbons (Fsp3) is 0.474. The van der Waals surface area contributed by atoms with Crippen molar-refractivity contribution in [3.63, 3.8) is 0 Å². The molecule has 1 aromatic heterocycles. The number of hydrogen-bond acceptors (Lipinski definition) is 10.